The maximum atomic E-state index is 12.5. The monoisotopic (exact) mass is 381 g/mol. The summed E-state index contributed by atoms with van der Waals surface area (Å²) in [4.78, 5) is 20.4. The van der Waals surface area contributed by atoms with Gasteiger partial charge in [0, 0.05) is 43.0 Å². The standard InChI is InChI=1S/C23H31N3O2/c1-17-8-9-18(2)26(21(17)14-19-6-4-3-5-7-19)22-15-20(16-23(27)24-22)25-10-12-28-13-11-25/h3-7,15-18,21H,8-14H2,1-2H3,(H,24,27)/t17-,18+,21-/m0/s1. The maximum Gasteiger partial charge on any atom is 0.251 e. The van der Waals surface area contributed by atoms with E-state index >= 15 is 0 Å². The van der Waals surface area contributed by atoms with E-state index in [2.05, 4.69) is 65.0 Å². The van der Waals surface area contributed by atoms with Gasteiger partial charge in [-0.15, -0.1) is 0 Å². The minimum atomic E-state index is -0.0251. The fraction of sp³-hybridized carbons (Fsp3) is 0.522. The summed E-state index contributed by atoms with van der Waals surface area (Å²) in [5.41, 5.74) is 2.33. The number of nitrogens with one attached hydrogen (secondary N) is 1. The lowest BCUT2D eigenvalue weighted by molar-refractivity contribution is 0.122. The first-order chi connectivity index (χ1) is 13.6. The Bertz CT molecular complexity index is 829. The molecule has 5 nitrogen and oxygen atoms in total. The zero-order valence-electron chi connectivity index (χ0n) is 16.9. The van der Waals surface area contributed by atoms with Crippen molar-refractivity contribution in [2.24, 2.45) is 5.92 Å². The summed E-state index contributed by atoms with van der Waals surface area (Å²) < 4.78 is 5.47. The number of ether oxygens (including phenoxy) is 1. The molecule has 0 amide bonds. The van der Waals surface area contributed by atoms with Gasteiger partial charge in [-0.25, -0.2) is 0 Å². The molecule has 2 aliphatic rings. The van der Waals surface area contributed by atoms with Gasteiger partial charge in [0.1, 0.15) is 5.82 Å². The van der Waals surface area contributed by atoms with Gasteiger partial charge in [-0.1, -0.05) is 37.3 Å². The number of aromatic amines is 1. The second kappa shape index (κ2) is 8.39. The van der Waals surface area contributed by atoms with Gasteiger partial charge in [0.05, 0.1) is 13.2 Å². The Balaban J connectivity index is 1.67. The lowest BCUT2D eigenvalue weighted by Crippen LogP contribution is -2.51. The quantitative estimate of drug-likeness (QED) is 0.881. The van der Waals surface area contributed by atoms with Gasteiger partial charge in [0.25, 0.3) is 5.56 Å². The maximum absolute atomic E-state index is 12.5. The summed E-state index contributed by atoms with van der Waals surface area (Å²) >= 11 is 0. The van der Waals surface area contributed by atoms with Crippen molar-refractivity contribution in [3.05, 3.63) is 58.4 Å². The Kier molecular flexibility index (Phi) is 5.72. The Labute approximate surface area is 167 Å². The first kappa shape index (κ1) is 19.1. The molecule has 0 saturated carbocycles. The summed E-state index contributed by atoms with van der Waals surface area (Å²) in [6, 6.07) is 15.4. The smallest absolute Gasteiger partial charge is 0.251 e. The molecule has 1 N–H and O–H groups in total. The van der Waals surface area contributed by atoms with E-state index in [9.17, 15) is 4.79 Å². The van der Waals surface area contributed by atoms with Crippen molar-refractivity contribution in [1.29, 1.82) is 0 Å². The molecule has 0 aliphatic carbocycles. The molecule has 2 aromatic rings. The topological polar surface area (TPSA) is 48.6 Å². The van der Waals surface area contributed by atoms with Gasteiger partial charge >= 0.3 is 0 Å². The third-order valence-corrected chi connectivity index (χ3v) is 6.29. The van der Waals surface area contributed by atoms with Crippen molar-refractivity contribution in [1.82, 2.24) is 4.98 Å². The number of piperidine rings is 1. The van der Waals surface area contributed by atoms with E-state index in [1.807, 2.05) is 0 Å². The molecule has 0 bridgehead atoms. The molecular formula is C23H31N3O2. The van der Waals surface area contributed by atoms with Crippen molar-refractivity contribution >= 4 is 11.5 Å². The predicted molar refractivity (Wildman–Crippen MR) is 114 cm³/mol. The van der Waals surface area contributed by atoms with Gasteiger partial charge in [0.2, 0.25) is 0 Å². The van der Waals surface area contributed by atoms with Crippen LogP contribution >= 0.6 is 0 Å². The van der Waals surface area contributed by atoms with E-state index < -0.39 is 0 Å². The minimum Gasteiger partial charge on any atom is -0.378 e. The SMILES string of the molecule is C[C@@H]1CC[C@H](C)[C@H](Cc2ccccc2)N1c1cc(N2CCOCC2)cc(=O)[nH]1. The second-order valence-corrected chi connectivity index (χ2v) is 8.26. The van der Waals surface area contributed by atoms with E-state index in [4.69, 9.17) is 4.74 Å². The molecule has 1 aromatic carbocycles. The Morgan fingerprint density at radius 3 is 2.57 bits per heavy atom. The zero-order chi connectivity index (χ0) is 19.5. The Hall–Kier alpha value is -2.27. The summed E-state index contributed by atoms with van der Waals surface area (Å²) in [6.07, 6.45) is 3.37. The van der Waals surface area contributed by atoms with Gasteiger partial charge < -0.3 is 19.5 Å². The summed E-state index contributed by atoms with van der Waals surface area (Å²) in [5.74, 6) is 1.53. The fourth-order valence-corrected chi connectivity index (χ4v) is 4.67. The molecule has 4 rings (SSSR count). The van der Waals surface area contributed by atoms with Crippen LogP contribution in [0.25, 0.3) is 0 Å². The largest absolute Gasteiger partial charge is 0.378 e. The fourth-order valence-electron chi connectivity index (χ4n) is 4.67. The number of aromatic nitrogens is 1. The lowest BCUT2D eigenvalue weighted by Gasteiger charge is -2.46. The molecule has 5 heteroatoms. The highest BCUT2D eigenvalue weighted by molar-refractivity contribution is 5.56. The van der Waals surface area contributed by atoms with E-state index in [0.29, 0.717) is 18.0 Å². The first-order valence-corrected chi connectivity index (χ1v) is 10.5. The average molecular weight is 382 g/mol. The van der Waals surface area contributed by atoms with Gasteiger partial charge in [-0.05, 0) is 37.7 Å². The molecule has 2 fully saturated rings. The molecule has 0 radical (unpaired) electrons. The van der Waals surface area contributed by atoms with Crippen LogP contribution in [0.3, 0.4) is 0 Å². The molecule has 2 saturated heterocycles. The average Bonchev–Trinajstić information content (AvgIpc) is 2.72. The van der Waals surface area contributed by atoms with Crippen LogP contribution in [0.15, 0.2) is 47.3 Å². The number of pyridine rings is 1. The highest BCUT2D eigenvalue weighted by atomic mass is 16.5. The van der Waals surface area contributed by atoms with Gasteiger partial charge in [-0.2, -0.15) is 0 Å². The van der Waals surface area contributed by atoms with Crippen molar-refractivity contribution in [2.75, 3.05) is 36.1 Å². The second-order valence-electron chi connectivity index (χ2n) is 8.26. The molecular weight excluding hydrogens is 350 g/mol. The number of rotatable bonds is 4. The highest BCUT2D eigenvalue weighted by Crippen LogP contribution is 2.34. The summed E-state index contributed by atoms with van der Waals surface area (Å²) in [6.45, 7) is 7.73. The summed E-state index contributed by atoms with van der Waals surface area (Å²) in [5, 5.41) is 0. The van der Waals surface area contributed by atoms with Crippen LogP contribution in [0.2, 0.25) is 0 Å². The van der Waals surface area contributed by atoms with Crippen molar-refractivity contribution < 1.29 is 4.74 Å². The van der Waals surface area contributed by atoms with Crippen molar-refractivity contribution in [3.8, 4) is 0 Å². The number of morpholine rings is 1. The van der Waals surface area contributed by atoms with Crippen LogP contribution < -0.4 is 15.4 Å². The summed E-state index contributed by atoms with van der Waals surface area (Å²) in [7, 11) is 0. The molecule has 2 aliphatic heterocycles. The highest BCUT2D eigenvalue weighted by Gasteiger charge is 2.34. The number of hydrogen-bond acceptors (Lipinski definition) is 4. The van der Waals surface area contributed by atoms with Crippen LogP contribution in [-0.2, 0) is 11.2 Å². The molecule has 150 valence electrons. The lowest BCUT2D eigenvalue weighted by atomic mass is 9.83. The molecule has 3 heterocycles. The third-order valence-electron chi connectivity index (χ3n) is 6.29. The number of benzene rings is 1. The number of hydrogen-bond donors (Lipinski definition) is 1. The molecule has 0 unspecified atom stereocenters. The van der Waals surface area contributed by atoms with E-state index in [1.165, 1.54) is 12.0 Å². The van der Waals surface area contributed by atoms with Crippen molar-refractivity contribution in [3.63, 3.8) is 0 Å². The number of H-pyrrole nitrogens is 1. The molecule has 1 aromatic heterocycles. The zero-order valence-corrected chi connectivity index (χ0v) is 16.9. The molecule has 28 heavy (non-hydrogen) atoms. The van der Waals surface area contributed by atoms with Gasteiger partial charge in [-0.3, -0.25) is 4.79 Å². The Morgan fingerprint density at radius 1 is 1.07 bits per heavy atom. The van der Waals surface area contributed by atoms with E-state index in [0.717, 1.165) is 50.7 Å². The van der Waals surface area contributed by atoms with E-state index in [-0.39, 0.29) is 5.56 Å². The number of anilines is 2. The number of nitrogens with zero attached hydrogens (tertiary/aromatic N) is 2. The van der Waals surface area contributed by atoms with Crippen LogP contribution in [0, 0.1) is 5.92 Å². The first-order valence-electron chi connectivity index (χ1n) is 10.5. The van der Waals surface area contributed by atoms with Crippen LogP contribution in [0.1, 0.15) is 32.3 Å². The Morgan fingerprint density at radius 2 is 1.82 bits per heavy atom. The normalized spacial score (nSPS) is 25.7. The predicted octanol–water partition coefficient (Wildman–Crippen LogP) is 3.45. The minimum absolute atomic E-state index is 0.0251. The third kappa shape index (κ3) is 4.09. The molecule has 0 spiro atoms. The van der Waals surface area contributed by atoms with Gasteiger partial charge in [0.15, 0.2) is 0 Å². The van der Waals surface area contributed by atoms with Crippen LogP contribution in [0.5, 0.6) is 0 Å². The molecule has 3 atom stereocenters. The van der Waals surface area contributed by atoms with Crippen LogP contribution in [0.4, 0.5) is 11.5 Å². The van der Waals surface area contributed by atoms with Crippen LogP contribution in [-0.4, -0.2) is 43.4 Å². The van der Waals surface area contributed by atoms with E-state index in [1.54, 1.807) is 6.07 Å². The van der Waals surface area contributed by atoms with Crippen molar-refractivity contribution in [2.45, 2.75) is 45.2 Å².